The second kappa shape index (κ2) is 9.57. The van der Waals surface area contributed by atoms with Gasteiger partial charge in [0.1, 0.15) is 5.75 Å². The number of hydrogen-bond acceptors (Lipinski definition) is 8. The van der Waals surface area contributed by atoms with Gasteiger partial charge in [0.15, 0.2) is 0 Å². The van der Waals surface area contributed by atoms with Gasteiger partial charge < -0.3 is 15.7 Å². The van der Waals surface area contributed by atoms with E-state index in [2.05, 4.69) is 36.1 Å². The Bertz CT molecular complexity index is 1160. The number of nitrogens with zero attached hydrogens (tertiary/aromatic N) is 4. The van der Waals surface area contributed by atoms with Crippen LogP contribution in [0.15, 0.2) is 77.9 Å². The number of nitrogens with one attached hydrogen (secondary N) is 3. The number of hydrazone groups is 1. The fourth-order valence-corrected chi connectivity index (χ4v) is 2.83. The van der Waals surface area contributed by atoms with Gasteiger partial charge in [0.25, 0.3) is 0 Å². The quantitative estimate of drug-likeness (QED) is 0.240. The van der Waals surface area contributed by atoms with Gasteiger partial charge >= 0.3 is 0 Å². The molecule has 1 heterocycles. The van der Waals surface area contributed by atoms with Crippen molar-refractivity contribution in [1.82, 2.24) is 15.0 Å². The van der Waals surface area contributed by atoms with Crippen LogP contribution in [0.4, 0.5) is 29.2 Å². The summed E-state index contributed by atoms with van der Waals surface area (Å²) in [6.45, 7) is 4.06. The predicted octanol–water partition coefficient (Wildman–Crippen LogP) is 5.13. The minimum Gasteiger partial charge on any atom is -0.507 e. The highest BCUT2D eigenvalue weighted by Crippen LogP contribution is 2.20. The van der Waals surface area contributed by atoms with E-state index in [4.69, 9.17) is 0 Å². The van der Waals surface area contributed by atoms with Crippen molar-refractivity contribution >= 4 is 35.4 Å². The van der Waals surface area contributed by atoms with E-state index < -0.39 is 0 Å². The van der Waals surface area contributed by atoms with E-state index >= 15 is 0 Å². The van der Waals surface area contributed by atoms with Crippen LogP contribution in [-0.4, -0.2) is 26.3 Å². The zero-order chi connectivity index (χ0) is 22.3. The van der Waals surface area contributed by atoms with Crippen LogP contribution in [0.3, 0.4) is 0 Å². The summed E-state index contributed by atoms with van der Waals surface area (Å²) in [6, 6.07) is 22.7. The fraction of sp³-hybridized carbons (Fsp3) is 0.0833. The number of aromatic hydroxyl groups is 1. The molecule has 0 spiro atoms. The van der Waals surface area contributed by atoms with Gasteiger partial charge in [-0.2, -0.15) is 20.1 Å². The monoisotopic (exact) mass is 425 g/mol. The molecule has 160 valence electrons. The van der Waals surface area contributed by atoms with Gasteiger partial charge in [0.05, 0.1) is 6.21 Å². The number of anilines is 5. The van der Waals surface area contributed by atoms with Crippen molar-refractivity contribution in [1.29, 1.82) is 0 Å². The topological polar surface area (TPSA) is 107 Å². The van der Waals surface area contributed by atoms with Crippen molar-refractivity contribution in [2.45, 2.75) is 13.8 Å². The molecule has 4 aromatic rings. The first-order valence-electron chi connectivity index (χ1n) is 10.1. The lowest BCUT2D eigenvalue weighted by atomic mass is 10.2. The molecule has 0 fully saturated rings. The average molecular weight is 425 g/mol. The molecule has 0 bridgehead atoms. The highest BCUT2D eigenvalue weighted by Gasteiger charge is 2.08. The Kier molecular flexibility index (Phi) is 6.22. The van der Waals surface area contributed by atoms with Crippen LogP contribution < -0.4 is 16.1 Å². The summed E-state index contributed by atoms with van der Waals surface area (Å²) in [6.07, 6.45) is 1.50. The molecule has 0 saturated heterocycles. The fourth-order valence-electron chi connectivity index (χ4n) is 2.83. The molecule has 0 unspecified atom stereocenters. The van der Waals surface area contributed by atoms with E-state index in [0.29, 0.717) is 17.5 Å². The zero-order valence-electron chi connectivity index (χ0n) is 17.7. The number of rotatable bonds is 7. The summed E-state index contributed by atoms with van der Waals surface area (Å²) in [5, 5.41) is 20.4. The number of hydrogen-bond donors (Lipinski definition) is 4. The first-order chi connectivity index (χ1) is 15.5. The third-order valence-electron chi connectivity index (χ3n) is 4.56. The summed E-state index contributed by atoms with van der Waals surface area (Å²) in [4.78, 5) is 13.3. The van der Waals surface area contributed by atoms with E-state index in [0.717, 1.165) is 22.5 Å². The second-order valence-electron chi connectivity index (χ2n) is 7.22. The average Bonchev–Trinajstić information content (AvgIpc) is 2.78. The minimum atomic E-state index is 0.136. The maximum atomic E-state index is 9.88. The Morgan fingerprint density at radius 2 is 1.19 bits per heavy atom. The molecule has 0 saturated carbocycles. The highest BCUT2D eigenvalue weighted by atomic mass is 16.3. The number of phenols is 1. The first kappa shape index (κ1) is 20.8. The molecule has 8 nitrogen and oxygen atoms in total. The molecular weight excluding hydrogens is 402 g/mol. The Balaban J connectivity index is 1.59. The maximum Gasteiger partial charge on any atom is 0.250 e. The number of aromatic nitrogens is 3. The molecule has 0 amide bonds. The van der Waals surface area contributed by atoms with E-state index in [1.54, 1.807) is 18.2 Å². The van der Waals surface area contributed by atoms with Crippen molar-refractivity contribution in [3.05, 3.63) is 89.5 Å². The van der Waals surface area contributed by atoms with E-state index in [1.165, 1.54) is 6.21 Å². The van der Waals surface area contributed by atoms with Gasteiger partial charge in [0.2, 0.25) is 17.8 Å². The Morgan fingerprint density at radius 3 is 1.72 bits per heavy atom. The SMILES string of the molecule is Cc1ccc(Nc2nc(N/N=C/c3ccccc3O)nc(Nc3ccc(C)cc3)n2)cc1. The highest BCUT2D eigenvalue weighted by molar-refractivity contribution is 5.83. The van der Waals surface area contributed by atoms with Gasteiger partial charge in [-0.15, -0.1) is 0 Å². The van der Waals surface area contributed by atoms with Crippen molar-refractivity contribution in [3.63, 3.8) is 0 Å². The van der Waals surface area contributed by atoms with E-state index in [-0.39, 0.29) is 11.7 Å². The molecule has 32 heavy (non-hydrogen) atoms. The summed E-state index contributed by atoms with van der Waals surface area (Å²) in [5.74, 6) is 1.10. The molecule has 0 radical (unpaired) electrons. The number of aryl methyl sites for hydroxylation is 2. The molecule has 8 heteroatoms. The van der Waals surface area contributed by atoms with Crippen molar-refractivity contribution in [2.24, 2.45) is 5.10 Å². The molecule has 0 aliphatic carbocycles. The van der Waals surface area contributed by atoms with E-state index in [9.17, 15) is 5.11 Å². The summed E-state index contributed by atoms with van der Waals surface area (Å²) in [5.41, 5.74) is 7.41. The normalized spacial score (nSPS) is 10.8. The van der Waals surface area contributed by atoms with Crippen LogP contribution in [-0.2, 0) is 0 Å². The van der Waals surface area contributed by atoms with Crippen LogP contribution in [0, 0.1) is 13.8 Å². The predicted molar refractivity (Wildman–Crippen MR) is 128 cm³/mol. The number of para-hydroxylation sites is 1. The number of benzene rings is 3. The summed E-state index contributed by atoms with van der Waals surface area (Å²) < 4.78 is 0. The lowest BCUT2D eigenvalue weighted by Crippen LogP contribution is -2.07. The van der Waals surface area contributed by atoms with Crippen LogP contribution >= 0.6 is 0 Å². The maximum absolute atomic E-state index is 9.88. The Morgan fingerprint density at radius 1 is 0.688 bits per heavy atom. The molecule has 4 N–H and O–H groups in total. The summed E-state index contributed by atoms with van der Waals surface area (Å²) in [7, 11) is 0. The first-order valence-corrected chi connectivity index (χ1v) is 10.1. The molecule has 0 aliphatic rings. The van der Waals surface area contributed by atoms with E-state index in [1.807, 2.05) is 68.4 Å². The molecule has 0 aliphatic heterocycles. The van der Waals surface area contributed by atoms with Gasteiger partial charge in [-0.1, -0.05) is 47.5 Å². The van der Waals surface area contributed by atoms with Crippen molar-refractivity contribution in [2.75, 3.05) is 16.1 Å². The van der Waals surface area contributed by atoms with Gasteiger partial charge in [-0.3, -0.25) is 0 Å². The third kappa shape index (κ3) is 5.57. The molecule has 3 aromatic carbocycles. The van der Waals surface area contributed by atoms with Gasteiger partial charge in [0, 0.05) is 16.9 Å². The molecular formula is C24H23N7O. The van der Waals surface area contributed by atoms with Crippen LogP contribution in [0.2, 0.25) is 0 Å². The lowest BCUT2D eigenvalue weighted by Gasteiger charge is -2.10. The van der Waals surface area contributed by atoms with Crippen molar-refractivity contribution in [3.8, 4) is 5.75 Å². The molecule has 0 atom stereocenters. The largest absolute Gasteiger partial charge is 0.507 e. The van der Waals surface area contributed by atoms with Crippen LogP contribution in [0.5, 0.6) is 5.75 Å². The third-order valence-corrected chi connectivity index (χ3v) is 4.56. The van der Waals surface area contributed by atoms with Crippen LogP contribution in [0.1, 0.15) is 16.7 Å². The Labute approximate surface area is 186 Å². The van der Waals surface area contributed by atoms with Gasteiger partial charge in [-0.05, 0) is 50.2 Å². The smallest absolute Gasteiger partial charge is 0.250 e. The standard InChI is InChI=1S/C24H23N7O/c1-16-7-11-19(12-8-16)26-22-28-23(27-20-13-9-17(2)10-14-20)30-24(29-22)31-25-15-18-5-3-4-6-21(18)32/h3-15,32H,1-2H3,(H3,26,27,28,29,30,31)/b25-15+. The molecule has 1 aromatic heterocycles. The minimum absolute atomic E-state index is 0.136. The molecule has 4 rings (SSSR count). The summed E-state index contributed by atoms with van der Waals surface area (Å²) >= 11 is 0. The zero-order valence-corrected chi connectivity index (χ0v) is 17.7. The Hall–Kier alpha value is -4.46. The van der Waals surface area contributed by atoms with Gasteiger partial charge in [-0.25, -0.2) is 5.43 Å². The number of phenolic OH excluding ortho intramolecular Hbond substituents is 1. The van der Waals surface area contributed by atoms with Crippen molar-refractivity contribution < 1.29 is 5.11 Å². The lowest BCUT2D eigenvalue weighted by molar-refractivity contribution is 0.474. The second-order valence-corrected chi connectivity index (χ2v) is 7.22. The van der Waals surface area contributed by atoms with Crippen LogP contribution in [0.25, 0.3) is 0 Å².